The number of carbonyl (C=O) groups is 1. The molecule has 0 fully saturated rings. The third-order valence-electron chi connectivity index (χ3n) is 2.91. The van der Waals surface area contributed by atoms with Gasteiger partial charge in [-0.1, -0.05) is 13.8 Å². The van der Waals surface area contributed by atoms with Crippen LogP contribution in [0, 0.1) is 5.92 Å². The summed E-state index contributed by atoms with van der Waals surface area (Å²) < 4.78 is 10.3. The fourth-order valence-electron chi connectivity index (χ4n) is 2.02. The Kier molecular flexibility index (Phi) is 18.1. The largest absolute Gasteiger partial charge is 0.450 e. The molecule has 8 heteroatoms. The fraction of sp³-hybridized carbons (Fsp3) is 0.875. The Bertz CT molecular complexity index is 341. The van der Waals surface area contributed by atoms with Crippen LogP contribution in [0.15, 0.2) is 4.99 Å². The van der Waals surface area contributed by atoms with E-state index in [1.165, 1.54) is 0 Å². The second-order valence-corrected chi connectivity index (χ2v) is 5.53. The molecule has 1 unspecified atom stereocenters. The second kappa shape index (κ2) is 17.1. The Morgan fingerprint density at radius 2 is 1.83 bits per heavy atom. The molecule has 144 valence electrons. The predicted octanol–water partition coefficient (Wildman–Crippen LogP) is 2.36. The van der Waals surface area contributed by atoms with E-state index in [1.54, 1.807) is 6.92 Å². The number of rotatable bonds is 11. The van der Waals surface area contributed by atoms with Gasteiger partial charge < -0.3 is 25.4 Å². The number of amides is 1. The maximum Gasteiger partial charge on any atom is 0.407 e. The van der Waals surface area contributed by atoms with Gasteiger partial charge in [-0.15, -0.1) is 24.0 Å². The van der Waals surface area contributed by atoms with Gasteiger partial charge in [0.2, 0.25) is 0 Å². The summed E-state index contributed by atoms with van der Waals surface area (Å²) in [6.07, 6.45) is 0.461. The zero-order chi connectivity index (χ0) is 17.5. The third-order valence-corrected chi connectivity index (χ3v) is 2.91. The van der Waals surface area contributed by atoms with Crippen molar-refractivity contribution in [2.24, 2.45) is 10.9 Å². The normalized spacial score (nSPS) is 12.3. The lowest BCUT2D eigenvalue weighted by atomic mass is 10.0. The van der Waals surface area contributed by atoms with Crippen LogP contribution in [0.5, 0.6) is 0 Å². The maximum absolute atomic E-state index is 11.6. The highest BCUT2D eigenvalue weighted by Crippen LogP contribution is 2.05. The van der Waals surface area contributed by atoms with Crippen molar-refractivity contribution in [3.05, 3.63) is 0 Å². The van der Waals surface area contributed by atoms with Crippen LogP contribution in [-0.2, 0) is 9.47 Å². The van der Waals surface area contributed by atoms with Crippen molar-refractivity contribution in [3.63, 3.8) is 0 Å². The molecule has 3 N–H and O–H groups in total. The Hall–Kier alpha value is -0.770. The highest BCUT2D eigenvalue weighted by Gasteiger charge is 2.14. The predicted molar refractivity (Wildman–Crippen MR) is 109 cm³/mol. The van der Waals surface area contributed by atoms with E-state index in [-0.39, 0.29) is 36.1 Å². The van der Waals surface area contributed by atoms with Crippen LogP contribution in [0.4, 0.5) is 4.79 Å². The minimum absolute atomic E-state index is 0. The van der Waals surface area contributed by atoms with Crippen LogP contribution in [0.25, 0.3) is 0 Å². The van der Waals surface area contributed by atoms with Crippen LogP contribution in [-0.4, -0.2) is 57.5 Å². The first-order valence-electron chi connectivity index (χ1n) is 8.56. The Labute approximate surface area is 163 Å². The number of aliphatic imine (C=N–C) groups is 1. The average Bonchev–Trinajstić information content (AvgIpc) is 2.48. The number of halogens is 1. The minimum atomic E-state index is -0.386. The Morgan fingerprint density at radius 3 is 2.38 bits per heavy atom. The van der Waals surface area contributed by atoms with Gasteiger partial charge in [-0.2, -0.15) is 0 Å². The van der Waals surface area contributed by atoms with Gasteiger partial charge in [-0.25, -0.2) is 4.79 Å². The van der Waals surface area contributed by atoms with E-state index in [0.717, 1.165) is 18.9 Å². The summed E-state index contributed by atoms with van der Waals surface area (Å²) in [7, 11) is 0. The lowest BCUT2D eigenvalue weighted by Crippen LogP contribution is -2.42. The van der Waals surface area contributed by atoms with Gasteiger partial charge in [0.05, 0.1) is 25.8 Å². The molecule has 0 spiro atoms. The van der Waals surface area contributed by atoms with Crippen molar-refractivity contribution in [3.8, 4) is 0 Å². The molecule has 24 heavy (non-hydrogen) atoms. The number of guanidine groups is 1. The van der Waals surface area contributed by atoms with Crippen LogP contribution < -0.4 is 16.0 Å². The standard InChI is InChI=1S/C16H34N4O3.HI/c1-6-17-15(18-9-10-22-7-2)19-12-14(11-13(4)5)20-16(21)23-8-3;/h13-14H,6-12H2,1-5H3,(H,20,21)(H2,17,18,19);1H. The number of hydrogen-bond acceptors (Lipinski definition) is 4. The molecular formula is C16H35IN4O3. The topological polar surface area (TPSA) is 84.0 Å². The van der Waals surface area contributed by atoms with Crippen LogP contribution in [0.3, 0.4) is 0 Å². The van der Waals surface area contributed by atoms with Crippen LogP contribution >= 0.6 is 24.0 Å². The van der Waals surface area contributed by atoms with Crippen molar-refractivity contribution in [1.82, 2.24) is 16.0 Å². The van der Waals surface area contributed by atoms with E-state index < -0.39 is 0 Å². The van der Waals surface area contributed by atoms with Crippen molar-refractivity contribution in [2.45, 2.75) is 47.1 Å². The smallest absolute Gasteiger partial charge is 0.407 e. The van der Waals surface area contributed by atoms with Gasteiger partial charge in [0.1, 0.15) is 0 Å². The summed E-state index contributed by atoms with van der Waals surface area (Å²) in [5.74, 6) is 1.19. The summed E-state index contributed by atoms with van der Waals surface area (Å²) in [4.78, 5) is 16.2. The molecule has 0 heterocycles. The SMILES string of the molecule is CCNC(=NCC(CC(C)C)NC(=O)OCC)NCCOCC.I. The van der Waals surface area contributed by atoms with E-state index in [1.807, 2.05) is 13.8 Å². The van der Waals surface area contributed by atoms with E-state index in [0.29, 0.717) is 38.8 Å². The summed E-state index contributed by atoms with van der Waals surface area (Å²) >= 11 is 0. The number of alkyl carbamates (subject to hydrolysis) is 1. The molecule has 0 aliphatic rings. The molecule has 0 aliphatic carbocycles. The van der Waals surface area contributed by atoms with Crippen molar-refractivity contribution >= 4 is 36.0 Å². The van der Waals surface area contributed by atoms with E-state index in [9.17, 15) is 4.79 Å². The van der Waals surface area contributed by atoms with E-state index in [2.05, 4.69) is 34.8 Å². The highest BCUT2D eigenvalue weighted by atomic mass is 127. The van der Waals surface area contributed by atoms with E-state index >= 15 is 0 Å². The molecular weight excluding hydrogens is 423 g/mol. The molecule has 0 radical (unpaired) electrons. The molecule has 1 amide bonds. The van der Waals surface area contributed by atoms with Gasteiger partial charge in [-0.3, -0.25) is 4.99 Å². The van der Waals surface area contributed by atoms with Crippen molar-refractivity contribution in [2.75, 3.05) is 39.5 Å². The molecule has 0 rings (SSSR count). The lowest BCUT2D eigenvalue weighted by Gasteiger charge is -2.19. The van der Waals surface area contributed by atoms with Gasteiger partial charge >= 0.3 is 6.09 Å². The third kappa shape index (κ3) is 14.8. The average molecular weight is 458 g/mol. The molecule has 0 bridgehead atoms. The molecule has 7 nitrogen and oxygen atoms in total. The summed E-state index contributed by atoms with van der Waals surface area (Å²) in [5, 5.41) is 9.27. The molecule has 1 atom stereocenters. The summed E-state index contributed by atoms with van der Waals surface area (Å²) in [6, 6.07) is -0.0450. The number of nitrogens with one attached hydrogen (secondary N) is 3. The van der Waals surface area contributed by atoms with Crippen LogP contribution in [0.2, 0.25) is 0 Å². The zero-order valence-electron chi connectivity index (χ0n) is 15.7. The number of ether oxygens (including phenoxy) is 2. The summed E-state index contributed by atoms with van der Waals surface area (Å²) in [6.45, 7) is 13.7. The molecule has 0 saturated heterocycles. The second-order valence-electron chi connectivity index (χ2n) is 5.53. The van der Waals surface area contributed by atoms with E-state index in [4.69, 9.17) is 9.47 Å². The fourth-order valence-corrected chi connectivity index (χ4v) is 2.02. The molecule has 0 aromatic carbocycles. The zero-order valence-corrected chi connectivity index (χ0v) is 18.0. The first kappa shape index (κ1) is 25.5. The quantitative estimate of drug-likeness (QED) is 0.192. The van der Waals surface area contributed by atoms with Gasteiger partial charge in [-0.05, 0) is 33.1 Å². The van der Waals surface area contributed by atoms with Gasteiger partial charge in [0.25, 0.3) is 0 Å². The Morgan fingerprint density at radius 1 is 1.12 bits per heavy atom. The number of hydrogen-bond donors (Lipinski definition) is 3. The lowest BCUT2D eigenvalue weighted by molar-refractivity contribution is 0.147. The molecule has 0 aromatic heterocycles. The monoisotopic (exact) mass is 458 g/mol. The van der Waals surface area contributed by atoms with Crippen molar-refractivity contribution < 1.29 is 14.3 Å². The molecule has 0 aromatic rings. The number of nitrogens with zero attached hydrogens (tertiary/aromatic N) is 1. The minimum Gasteiger partial charge on any atom is -0.450 e. The summed E-state index contributed by atoms with van der Waals surface area (Å²) in [5.41, 5.74) is 0. The number of carbonyl (C=O) groups excluding carboxylic acids is 1. The first-order chi connectivity index (χ1) is 11.0. The van der Waals surface area contributed by atoms with Crippen molar-refractivity contribution in [1.29, 1.82) is 0 Å². The maximum atomic E-state index is 11.6. The molecule has 0 saturated carbocycles. The van der Waals surface area contributed by atoms with Crippen LogP contribution in [0.1, 0.15) is 41.0 Å². The molecule has 0 aliphatic heterocycles. The first-order valence-corrected chi connectivity index (χ1v) is 8.56. The van der Waals surface area contributed by atoms with Gasteiger partial charge in [0, 0.05) is 19.7 Å². The van der Waals surface area contributed by atoms with Gasteiger partial charge in [0.15, 0.2) is 5.96 Å². The highest BCUT2D eigenvalue weighted by molar-refractivity contribution is 14.0. The Balaban J connectivity index is 0.